The second-order valence-corrected chi connectivity index (χ2v) is 8.37. The van der Waals surface area contributed by atoms with E-state index in [1.807, 2.05) is 0 Å². The number of carbonyl (C=O) groups excluding carboxylic acids is 2. The lowest BCUT2D eigenvalue weighted by atomic mass is 10.1. The Hall–Kier alpha value is -2.59. The maximum atomic E-state index is 14.1. The van der Waals surface area contributed by atoms with Gasteiger partial charge >= 0.3 is 12.1 Å². The van der Waals surface area contributed by atoms with Crippen LogP contribution in [0.3, 0.4) is 0 Å². The number of hydrogen-bond acceptors (Lipinski definition) is 4. The van der Waals surface area contributed by atoms with Gasteiger partial charge in [0.1, 0.15) is 18.0 Å². The Morgan fingerprint density at radius 2 is 2.00 bits per heavy atom. The van der Waals surface area contributed by atoms with E-state index in [9.17, 15) is 18.8 Å². The lowest BCUT2D eigenvalue weighted by Crippen LogP contribution is -2.56. The van der Waals surface area contributed by atoms with Crippen molar-refractivity contribution in [1.29, 1.82) is 0 Å². The number of carboxylic acid groups (broad SMARTS) is 1. The number of rotatable bonds is 5. The van der Waals surface area contributed by atoms with Gasteiger partial charge in [-0.2, -0.15) is 0 Å². The van der Waals surface area contributed by atoms with Gasteiger partial charge in [0.05, 0.1) is 11.1 Å². The van der Waals surface area contributed by atoms with Crippen LogP contribution in [-0.2, 0) is 16.1 Å². The third-order valence-electron chi connectivity index (χ3n) is 4.51. The molecule has 1 aromatic carbocycles. The summed E-state index contributed by atoms with van der Waals surface area (Å²) < 4.78 is 19.5. The monoisotopic (exact) mass is 444 g/mol. The summed E-state index contributed by atoms with van der Waals surface area (Å²) in [4.78, 5) is 38.1. The normalized spacial score (nSPS) is 21.3. The highest BCUT2D eigenvalue weighted by atomic mass is 35.5. The highest BCUT2D eigenvalue weighted by molar-refractivity contribution is 6.30. The van der Waals surface area contributed by atoms with E-state index < -0.39 is 47.6 Å². The summed E-state index contributed by atoms with van der Waals surface area (Å²) in [5.74, 6) is -1.26. The second kappa shape index (κ2) is 9.48. The van der Waals surface area contributed by atoms with E-state index in [2.05, 4.69) is 16.0 Å². The minimum atomic E-state index is -1.31. The van der Waals surface area contributed by atoms with Crippen molar-refractivity contribution >= 4 is 29.6 Å². The molecule has 2 rings (SSSR count). The zero-order chi connectivity index (χ0) is 22.6. The van der Waals surface area contributed by atoms with E-state index in [1.54, 1.807) is 26.8 Å². The molecular formula is C19H26ClFN4O5. The first-order valence-corrected chi connectivity index (χ1v) is 9.64. The number of likely N-dealkylation sites (tertiary alicyclic amines) is 1. The molecule has 4 amide bonds. The lowest BCUT2D eigenvalue weighted by molar-refractivity contribution is -0.128. The summed E-state index contributed by atoms with van der Waals surface area (Å²) in [5.41, 5.74) is -0.406. The van der Waals surface area contributed by atoms with Gasteiger partial charge in [0.15, 0.2) is 0 Å². The summed E-state index contributed by atoms with van der Waals surface area (Å²) in [6.07, 6.45) is -2.24. The van der Waals surface area contributed by atoms with Gasteiger partial charge in [-0.3, -0.25) is 4.79 Å². The van der Waals surface area contributed by atoms with Crippen LogP contribution in [0.2, 0.25) is 5.02 Å². The molecule has 1 fully saturated rings. The number of ether oxygens (including phenoxy) is 1. The number of halogens is 2. The molecule has 0 unspecified atom stereocenters. The molecule has 0 radical (unpaired) electrons. The Morgan fingerprint density at radius 3 is 2.57 bits per heavy atom. The van der Waals surface area contributed by atoms with Gasteiger partial charge in [-0.25, -0.2) is 14.0 Å². The molecule has 1 aliphatic rings. The predicted octanol–water partition coefficient (Wildman–Crippen LogP) is 1.94. The average molecular weight is 445 g/mol. The summed E-state index contributed by atoms with van der Waals surface area (Å²) in [6.45, 7) is 5.09. The van der Waals surface area contributed by atoms with E-state index in [0.717, 1.165) is 0 Å². The van der Waals surface area contributed by atoms with Crippen molar-refractivity contribution in [3.05, 3.63) is 34.6 Å². The molecule has 166 valence electrons. The fraction of sp³-hybridized carbons (Fsp3) is 0.526. The zero-order valence-electron chi connectivity index (χ0n) is 17.2. The van der Waals surface area contributed by atoms with Crippen LogP contribution in [0, 0.1) is 5.82 Å². The number of amides is 4. The summed E-state index contributed by atoms with van der Waals surface area (Å²) in [5, 5.41) is 16.6. The van der Waals surface area contributed by atoms with Crippen LogP contribution >= 0.6 is 11.6 Å². The number of nitrogens with one attached hydrogen (secondary N) is 3. The summed E-state index contributed by atoms with van der Waals surface area (Å²) >= 11 is 5.76. The fourth-order valence-electron chi connectivity index (χ4n) is 3.27. The highest BCUT2D eigenvalue weighted by Gasteiger charge is 2.49. The molecule has 0 aromatic heterocycles. The number of nitrogens with zero attached hydrogens (tertiary/aromatic N) is 1. The largest absolute Gasteiger partial charge is 0.465 e. The maximum Gasteiger partial charge on any atom is 0.405 e. The summed E-state index contributed by atoms with van der Waals surface area (Å²) in [7, 11) is 1.32. The first-order chi connectivity index (χ1) is 13.9. The van der Waals surface area contributed by atoms with Crippen molar-refractivity contribution in [2.24, 2.45) is 0 Å². The summed E-state index contributed by atoms with van der Waals surface area (Å²) in [6, 6.07) is 1.92. The molecular weight excluding hydrogens is 419 g/mol. The van der Waals surface area contributed by atoms with Crippen LogP contribution in [0.15, 0.2) is 18.2 Å². The molecule has 1 heterocycles. The third kappa shape index (κ3) is 5.73. The Labute approximate surface area is 178 Å². The number of carbonyl (C=O) groups is 3. The van der Waals surface area contributed by atoms with Crippen LogP contribution in [0.1, 0.15) is 26.3 Å². The van der Waals surface area contributed by atoms with Gasteiger partial charge in [0, 0.05) is 31.3 Å². The topological polar surface area (TPSA) is 120 Å². The molecule has 1 aliphatic heterocycles. The van der Waals surface area contributed by atoms with Crippen LogP contribution in [0.4, 0.5) is 14.0 Å². The van der Waals surface area contributed by atoms with Crippen LogP contribution in [0.5, 0.6) is 0 Å². The average Bonchev–Trinajstić information content (AvgIpc) is 2.99. The van der Waals surface area contributed by atoms with Gasteiger partial charge in [-0.05, 0) is 26.8 Å². The Bertz CT molecular complexity index is 817. The number of benzene rings is 1. The van der Waals surface area contributed by atoms with Crippen molar-refractivity contribution < 1.29 is 28.6 Å². The molecule has 4 N–H and O–H groups in total. The third-order valence-corrected chi connectivity index (χ3v) is 4.81. The Balaban J connectivity index is 2.24. The molecule has 0 aliphatic carbocycles. The van der Waals surface area contributed by atoms with Crippen molar-refractivity contribution in [2.75, 3.05) is 13.7 Å². The van der Waals surface area contributed by atoms with Gasteiger partial charge in [-0.1, -0.05) is 23.7 Å². The van der Waals surface area contributed by atoms with E-state index >= 15 is 0 Å². The highest BCUT2D eigenvalue weighted by Crippen LogP contribution is 2.23. The van der Waals surface area contributed by atoms with Gasteiger partial charge in [-0.15, -0.1) is 0 Å². The number of urea groups is 1. The van der Waals surface area contributed by atoms with E-state index in [-0.39, 0.29) is 23.7 Å². The van der Waals surface area contributed by atoms with E-state index in [0.29, 0.717) is 0 Å². The van der Waals surface area contributed by atoms with Crippen molar-refractivity contribution in [3.63, 3.8) is 0 Å². The predicted molar refractivity (Wildman–Crippen MR) is 108 cm³/mol. The SMILES string of the molecule is CO[C@@H]1[C@@H](C(=O)NCc2cccc(Cl)c2F)N(C(=O)NC(C)(C)C)C[C@H]1NC(=O)O. The smallest absolute Gasteiger partial charge is 0.405 e. The van der Waals surface area contributed by atoms with Gasteiger partial charge in [0.25, 0.3) is 0 Å². The number of methoxy groups -OCH3 is 1. The zero-order valence-corrected chi connectivity index (χ0v) is 17.9. The molecule has 1 saturated heterocycles. The van der Waals surface area contributed by atoms with Crippen molar-refractivity contribution in [2.45, 2.75) is 51.0 Å². The standard InChI is InChI=1S/C19H26ClFN4O5/c1-19(2,3)24-17(27)25-9-12(23-18(28)29)15(30-4)14(25)16(26)22-8-10-6-5-7-11(20)13(10)21/h5-7,12,14-15,23H,8-9H2,1-4H3,(H,22,26)(H,24,27)(H,28,29)/t12-,14+,15+/m1/s1. The second-order valence-electron chi connectivity index (χ2n) is 7.96. The van der Waals surface area contributed by atoms with Gasteiger partial charge in [0.2, 0.25) is 5.91 Å². The molecule has 11 heteroatoms. The quantitative estimate of drug-likeness (QED) is 0.553. The molecule has 0 bridgehead atoms. The molecule has 3 atom stereocenters. The lowest BCUT2D eigenvalue weighted by Gasteiger charge is -2.30. The molecule has 0 spiro atoms. The van der Waals surface area contributed by atoms with Gasteiger partial charge < -0.3 is 30.7 Å². The molecule has 30 heavy (non-hydrogen) atoms. The van der Waals surface area contributed by atoms with E-state index in [1.165, 1.54) is 24.1 Å². The molecule has 1 aromatic rings. The maximum absolute atomic E-state index is 14.1. The van der Waals surface area contributed by atoms with Crippen LogP contribution < -0.4 is 16.0 Å². The fourth-order valence-corrected chi connectivity index (χ4v) is 3.46. The minimum Gasteiger partial charge on any atom is -0.465 e. The number of hydrogen-bond donors (Lipinski definition) is 4. The van der Waals surface area contributed by atoms with Crippen molar-refractivity contribution in [1.82, 2.24) is 20.9 Å². The minimum absolute atomic E-state index is 0.0731. The Kier molecular flexibility index (Phi) is 7.49. The van der Waals surface area contributed by atoms with Crippen molar-refractivity contribution in [3.8, 4) is 0 Å². The van der Waals surface area contributed by atoms with Crippen LogP contribution in [0.25, 0.3) is 0 Å². The first-order valence-electron chi connectivity index (χ1n) is 9.26. The van der Waals surface area contributed by atoms with Crippen LogP contribution in [-0.4, -0.2) is 65.4 Å². The Morgan fingerprint density at radius 1 is 1.33 bits per heavy atom. The van der Waals surface area contributed by atoms with E-state index in [4.69, 9.17) is 21.4 Å². The first kappa shape index (κ1) is 23.7. The molecule has 0 saturated carbocycles. The molecule has 9 nitrogen and oxygen atoms in total.